The van der Waals surface area contributed by atoms with Crippen molar-refractivity contribution in [2.45, 2.75) is 6.04 Å². The maximum absolute atomic E-state index is 11.0. The Morgan fingerprint density at radius 1 is 1.60 bits per heavy atom. The molecule has 0 aromatic rings. The Hall–Kier alpha value is -1.38. The summed E-state index contributed by atoms with van der Waals surface area (Å²) in [6.45, 7) is 0. The highest BCUT2D eigenvalue weighted by atomic mass is 16.2. The molecule has 2 heterocycles. The SMILES string of the molecule is O=C1NC=CC2=CC=NC12. The van der Waals surface area contributed by atoms with Crippen LogP contribution in [0.3, 0.4) is 0 Å². The van der Waals surface area contributed by atoms with Crippen LogP contribution in [0.25, 0.3) is 0 Å². The van der Waals surface area contributed by atoms with E-state index in [1.54, 1.807) is 12.4 Å². The average molecular weight is 134 g/mol. The molecular formula is C7H6N2O. The van der Waals surface area contributed by atoms with Gasteiger partial charge >= 0.3 is 0 Å². The predicted molar refractivity (Wildman–Crippen MR) is 37.6 cm³/mol. The van der Waals surface area contributed by atoms with Gasteiger partial charge in [0, 0.05) is 12.4 Å². The van der Waals surface area contributed by atoms with Gasteiger partial charge in [-0.25, -0.2) is 0 Å². The molecule has 0 fully saturated rings. The standard InChI is InChI=1S/C7H6N2O/c10-7-6-5(1-3-8-6)2-4-9-7/h1-4,6H,(H,9,10). The first-order valence-electron chi connectivity index (χ1n) is 3.08. The Labute approximate surface area is 58.1 Å². The molecule has 3 nitrogen and oxygen atoms in total. The maximum atomic E-state index is 11.0. The van der Waals surface area contributed by atoms with E-state index in [2.05, 4.69) is 10.3 Å². The summed E-state index contributed by atoms with van der Waals surface area (Å²) in [5, 5.41) is 2.58. The van der Waals surface area contributed by atoms with Gasteiger partial charge in [-0.05, 0) is 17.7 Å². The molecule has 0 bridgehead atoms. The smallest absolute Gasteiger partial charge is 0.253 e. The second kappa shape index (κ2) is 1.80. The number of amides is 1. The summed E-state index contributed by atoms with van der Waals surface area (Å²) >= 11 is 0. The summed E-state index contributed by atoms with van der Waals surface area (Å²) in [7, 11) is 0. The van der Waals surface area contributed by atoms with E-state index in [-0.39, 0.29) is 11.9 Å². The number of carbonyl (C=O) groups is 1. The van der Waals surface area contributed by atoms with Gasteiger partial charge in [0.25, 0.3) is 5.91 Å². The van der Waals surface area contributed by atoms with Crippen LogP contribution in [0.4, 0.5) is 0 Å². The maximum Gasteiger partial charge on any atom is 0.253 e. The van der Waals surface area contributed by atoms with Crippen molar-refractivity contribution in [2.75, 3.05) is 0 Å². The van der Waals surface area contributed by atoms with E-state index < -0.39 is 0 Å². The molecular weight excluding hydrogens is 128 g/mol. The van der Waals surface area contributed by atoms with Crippen LogP contribution in [0, 0.1) is 0 Å². The molecule has 0 spiro atoms. The van der Waals surface area contributed by atoms with Gasteiger partial charge in [-0.2, -0.15) is 0 Å². The van der Waals surface area contributed by atoms with E-state index in [0.717, 1.165) is 5.57 Å². The first-order chi connectivity index (χ1) is 4.88. The highest BCUT2D eigenvalue weighted by Crippen LogP contribution is 2.15. The zero-order chi connectivity index (χ0) is 6.97. The lowest BCUT2D eigenvalue weighted by Gasteiger charge is -2.12. The molecule has 0 radical (unpaired) electrons. The molecule has 2 rings (SSSR count). The van der Waals surface area contributed by atoms with Crippen molar-refractivity contribution in [3.8, 4) is 0 Å². The minimum atomic E-state index is -0.273. The lowest BCUT2D eigenvalue weighted by Crippen LogP contribution is -2.32. The van der Waals surface area contributed by atoms with Gasteiger partial charge in [-0.3, -0.25) is 9.79 Å². The minimum absolute atomic E-state index is 0.0394. The first kappa shape index (κ1) is 5.41. The van der Waals surface area contributed by atoms with Crippen molar-refractivity contribution in [2.24, 2.45) is 4.99 Å². The molecule has 1 N–H and O–H groups in total. The van der Waals surface area contributed by atoms with Crippen molar-refractivity contribution in [3.05, 3.63) is 23.9 Å². The first-order valence-corrected chi connectivity index (χ1v) is 3.08. The molecule has 1 atom stereocenters. The molecule has 0 aromatic carbocycles. The van der Waals surface area contributed by atoms with Gasteiger partial charge in [0.1, 0.15) is 0 Å². The second-order valence-corrected chi connectivity index (χ2v) is 2.21. The highest BCUT2D eigenvalue weighted by Gasteiger charge is 2.24. The van der Waals surface area contributed by atoms with Crippen LogP contribution in [0.15, 0.2) is 28.9 Å². The van der Waals surface area contributed by atoms with Crippen LogP contribution in [0.1, 0.15) is 0 Å². The Bertz CT molecular complexity index is 263. The number of aliphatic imine (C=N–C) groups is 1. The fraction of sp³-hybridized carbons (Fsp3) is 0.143. The van der Waals surface area contributed by atoms with E-state index in [4.69, 9.17) is 0 Å². The van der Waals surface area contributed by atoms with Gasteiger partial charge in [0.05, 0.1) is 0 Å². The van der Waals surface area contributed by atoms with Gasteiger partial charge in [-0.15, -0.1) is 0 Å². The van der Waals surface area contributed by atoms with E-state index in [1.165, 1.54) is 0 Å². The Kier molecular flexibility index (Phi) is 0.974. The number of nitrogens with zero attached hydrogens (tertiary/aromatic N) is 1. The third-order valence-electron chi connectivity index (χ3n) is 1.57. The van der Waals surface area contributed by atoms with Crippen molar-refractivity contribution >= 4 is 12.1 Å². The van der Waals surface area contributed by atoms with Gasteiger partial charge < -0.3 is 5.32 Å². The molecule has 0 saturated heterocycles. The highest BCUT2D eigenvalue weighted by molar-refractivity contribution is 5.94. The molecule has 1 unspecified atom stereocenters. The summed E-state index contributed by atoms with van der Waals surface area (Å²) in [4.78, 5) is 14.9. The zero-order valence-electron chi connectivity index (χ0n) is 5.24. The number of allylic oxidation sites excluding steroid dienone is 1. The van der Waals surface area contributed by atoms with Crippen LogP contribution in [0.5, 0.6) is 0 Å². The number of hydrogen-bond acceptors (Lipinski definition) is 2. The van der Waals surface area contributed by atoms with Gasteiger partial charge in [0.2, 0.25) is 0 Å². The van der Waals surface area contributed by atoms with Crippen LogP contribution >= 0.6 is 0 Å². The largest absolute Gasteiger partial charge is 0.330 e. The molecule has 0 aliphatic carbocycles. The van der Waals surface area contributed by atoms with Crippen LogP contribution in [-0.4, -0.2) is 18.2 Å². The van der Waals surface area contributed by atoms with Gasteiger partial charge in [0.15, 0.2) is 6.04 Å². The fourth-order valence-corrected chi connectivity index (χ4v) is 1.06. The predicted octanol–water partition coefficient (Wildman–Crippen LogP) is 0.00930. The van der Waals surface area contributed by atoms with Crippen molar-refractivity contribution in [1.29, 1.82) is 0 Å². The fourth-order valence-electron chi connectivity index (χ4n) is 1.06. The lowest BCUT2D eigenvalue weighted by molar-refractivity contribution is -0.120. The number of hydrogen-bond donors (Lipinski definition) is 1. The van der Waals surface area contributed by atoms with Crippen LogP contribution in [-0.2, 0) is 4.79 Å². The quantitative estimate of drug-likeness (QED) is 0.498. The summed E-state index contributed by atoms with van der Waals surface area (Å²) in [5.74, 6) is -0.0394. The monoisotopic (exact) mass is 134 g/mol. The van der Waals surface area contributed by atoms with E-state index in [9.17, 15) is 4.79 Å². The number of rotatable bonds is 0. The molecule has 3 heteroatoms. The molecule has 10 heavy (non-hydrogen) atoms. The van der Waals surface area contributed by atoms with Gasteiger partial charge in [-0.1, -0.05) is 0 Å². The number of carbonyl (C=O) groups excluding carboxylic acids is 1. The lowest BCUT2D eigenvalue weighted by atomic mass is 10.1. The van der Waals surface area contributed by atoms with Crippen LogP contribution in [0.2, 0.25) is 0 Å². The number of fused-ring (bicyclic) bond motifs is 1. The Morgan fingerprint density at radius 3 is 3.30 bits per heavy atom. The Balaban J connectivity index is 2.41. The summed E-state index contributed by atoms with van der Waals surface area (Å²) in [6.07, 6.45) is 7.01. The Morgan fingerprint density at radius 2 is 2.50 bits per heavy atom. The van der Waals surface area contributed by atoms with Crippen molar-refractivity contribution in [3.63, 3.8) is 0 Å². The van der Waals surface area contributed by atoms with E-state index >= 15 is 0 Å². The van der Waals surface area contributed by atoms with Crippen LogP contribution < -0.4 is 5.32 Å². The van der Waals surface area contributed by atoms with Crippen molar-refractivity contribution < 1.29 is 4.79 Å². The van der Waals surface area contributed by atoms with E-state index in [0.29, 0.717) is 0 Å². The zero-order valence-corrected chi connectivity index (χ0v) is 5.24. The van der Waals surface area contributed by atoms with Crippen molar-refractivity contribution in [1.82, 2.24) is 5.32 Å². The molecule has 1 amide bonds. The normalized spacial score (nSPS) is 27.8. The molecule has 0 saturated carbocycles. The third kappa shape index (κ3) is 0.603. The summed E-state index contributed by atoms with van der Waals surface area (Å²) < 4.78 is 0. The summed E-state index contributed by atoms with van der Waals surface area (Å²) in [6, 6.07) is -0.273. The average Bonchev–Trinajstić information content (AvgIpc) is 2.36. The third-order valence-corrected chi connectivity index (χ3v) is 1.57. The molecule has 2 aliphatic rings. The topological polar surface area (TPSA) is 41.5 Å². The molecule has 50 valence electrons. The number of nitrogens with one attached hydrogen (secondary N) is 1. The summed E-state index contributed by atoms with van der Waals surface area (Å²) in [5.41, 5.74) is 0.976. The van der Waals surface area contributed by atoms with E-state index in [1.807, 2.05) is 12.2 Å². The molecule has 0 aromatic heterocycles. The molecule has 2 aliphatic heterocycles. The minimum Gasteiger partial charge on any atom is -0.330 e. The second-order valence-electron chi connectivity index (χ2n) is 2.21.